The molecule has 0 atom stereocenters. The second-order valence-electron chi connectivity index (χ2n) is 7.29. The highest BCUT2D eigenvalue weighted by Crippen LogP contribution is 2.31. The Labute approximate surface area is 191 Å². The lowest BCUT2D eigenvalue weighted by molar-refractivity contribution is -0.137. The van der Waals surface area contributed by atoms with E-state index in [-0.39, 0.29) is 27.4 Å². The number of nitriles is 1. The topological polar surface area (TPSA) is 106 Å². The van der Waals surface area contributed by atoms with Crippen LogP contribution in [0.1, 0.15) is 18.1 Å². The number of hydrogen-bond acceptors (Lipinski definition) is 6. The summed E-state index contributed by atoms with van der Waals surface area (Å²) < 4.78 is 65.6. The van der Waals surface area contributed by atoms with E-state index in [2.05, 4.69) is 9.97 Å². The molecule has 0 aliphatic rings. The van der Waals surface area contributed by atoms with Crippen molar-refractivity contribution >= 4 is 20.7 Å². The number of nitrogens with zero attached hydrogens (tertiary/aromatic N) is 4. The highest BCUT2D eigenvalue weighted by atomic mass is 32.2. The number of aromatic nitrogens is 3. The van der Waals surface area contributed by atoms with Gasteiger partial charge in [-0.05, 0) is 42.0 Å². The number of pyridine rings is 1. The van der Waals surface area contributed by atoms with Crippen LogP contribution >= 0.6 is 0 Å². The summed E-state index contributed by atoms with van der Waals surface area (Å²) in [4.78, 5) is 21.0. The average molecular weight is 484 g/mol. The Morgan fingerprint density at radius 3 is 2.35 bits per heavy atom. The summed E-state index contributed by atoms with van der Waals surface area (Å²) in [5.74, 6) is -0.484. The minimum atomic E-state index is -4.60. The van der Waals surface area contributed by atoms with Crippen LogP contribution in [0, 0.1) is 11.3 Å². The Bertz CT molecular complexity index is 1620. The molecule has 2 aromatic carbocycles. The maximum absolute atomic E-state index is 13.1. The minimum absolute atomic E-state index is 0.117. The maximum Gasteiger partial charge on any atom is 0.416 e. The second kappa shape index (κ2) is 8.39. The van der Waals surface area contributed by atoms with Gasteiger partial charge in [0.25, 0.3) is 5.56 Å². The highest BCUT2D eigenvalue weighted by molar-refractivity contribution is 7.91. The van der Waals surface area contributed by atoms with Gasteiger partial charge in [-0.2, -0.15) is 18.4 Å². The molecule has 4 rings (SSSR count). The van der Waals surface area contributed by atoms with Gasteiger partial charge in [0, 0.05) is 11.8 Å². The van der Waals surface area contributed by atoms with Crippen LogP contribution in [0.25, 0.3) is 27.8 Å². The van der Waals surface area contributed by atoms with Gasteiger partial charge in [-0.3, -0.25) is 4.79 Å². The number of benzene rings is 2. The van der Waals surface area contributed by atoms with E-state index in [0.717, 1.165) is 29.1 Å². The predicted molar refractivity (Wildman–Crippen MR) is 118 cm³/mol. The van der Waals surface area contributed by atoms with E-state index in [4.69, 9.17) is 5.26 Å². The lowest BCUT2D eigenvalue weighted by atomic mass is 10.1. The van der Waals surface area contributed by atoms with Crippen LogP contribution in [-0.2, 0) is 16.0 Å². The number of halogens is 3. The number of alkyl halides is 3. The first kappa shape index (κ1) is 23.1. The minimum Gasteiger partial charge on any atom is -0.268 e. The van der Waals surface area contributed by atoms with E-state index in [1.54, 1.807) is 24.3 Å². The van der Waals surface area contributed by atoms with Crippen molar-refractivity contribution < 1.29 is 21.6 Å². The van der Waals surface area contributed by atoms with Crippen LogP contribution in [0.15, 0.2) is 70.7 Å². The molecule has 0 amide bonds. The largest absolute Gasteiger partial charge is 0.416 e. The van der Waals surface area contributed by atoms with Crippen LogP contribution in [0.4, 0.5) is 13.2 Å². The zero-order valence-electron chi connectivity index (χ0n) is 17.5. The Morgan fingerprint density at radius 2 is 1.74 bits per heavy atom. The van der Waals surface area contributed by atoms with Crippen molar-refractivity contribution in [1.82, 2.24) is 14.5 Å². The van der Waals surface area contributed by atoms with Gasteiger partial charge in [-0.1, -0.05) is 19.1 Å². The van der Waals surface area contributed by atoms with Gasteiger partial charge in [-0.15, -0.1) is 0 Å². The molecule has 0 radical (unpaired) electrons. The van der Waals surface area contributed by atoms with Gasteiger partial charge in [0.1, 0.15) is 11.2 Å². The Balaban J connectivity index is 1.92. The highest BCUT2D eigenvalue weighted by Gasteiger charge is 2.31. The van der Waals surface area contributed by atoms with Crippen LogP contribution in [-0.4, -0.2) is 28.7 Å². The lowest BCUT2D eigenvalue weighted by Crippen LogP contribution is -2.23. The number of rotatable bonds is 4. The predicted octanol–water partition coefficient (Wildman–Crippen LogP) is 4.13. The molecule has 0 N–H and O–H groups in total. The van der Waals surface area contributed by atoms with Crippen molar-refractivity contribution in [3.8, 4) is 23.0 Å². The number of hydrogen-bond donors (Lipinski definition) is 0. The summed E-state index contributed by atoms with van der Waals surface area (Å²) in [6, 6.07) is 12.3. The summed E-state index contributed by atoms with van der Waals surface area (Å²) in [7, 11) is -3.87. The first-order chi connectivity index (χ1) is 16.0. The number of fused-ring (bicyclic) bond motifs is 1. The van der Waals surface area contributed by atoms with Crippen molar-refractivity contribution in [1.29, 1.82) is 5.26 Å². The molecule has 0 saturated carbocycles. The van der Waals surface area contributed by atoms with E-state index in [0.29, 0.717) is 16.7 Å². The summed E-state index contributed by atoms with van der Waals surface area (Å²) in [5.41, 5.74) is -0.415. The third-order valence-corrected chi connectivity index (χ3v) is 6.94. The molecule has 0 aliphatic heterocycles. The monoisotopic (exact) mass is 484 g/mol. The van der Waals surface area contributed by atoms with E-state index in [9.17, 15) is 26.4 Å². The van der Waals surface area contributed by atoms with E-state index >= 15 is 0 Å². The number of sulfone groups is 1. The molecule has 0 fully saturated rings. The Morgan fingerprint density at radius 1 is 1.03 bits per heavy atom. The van der Waals surface area contributed by atoms with Crippen LogP contribution in [0.5, 0.6) is 0 Å². The fourth-order valence-corrected chi connectivity index (χ4v) is 4.39. The first-order valence-corrected chi connectivity index (χ1v) is 11.5. The molecule has 0 bridgehead atoms. The summed E-state index contributed by atoms with van der Waals surface area (Å²) in [5, 5.41) is 8.85. The van der Waals surface area contributed by atoms with E-state index in [1.807, 2.05) is 6.07 Å². The zero-order chi connectivity index (χ0) is 24.7. The summed E-state index contributed by atoms with van der Waals surface area (Å²) >= 11 is 0. The smallest absolute Gasteiger partial charge is 0.268 e. The molecule has 11 heteroatoms. The Kier molecular flexibility index (Phi) is 5.70. The molecule has 2 heterocycles. The van der Waals surface area contributed by atoms with Gasteiger partial charge in [0.15, 0.2) is 15.7 Å². The van der Waals surface area contributed by atoms with Crippen molar-refractivity contribution in [2.24, 2.45) is 0 Å². The summed E-state index contributed by atoms with van der Waals surface area (Å²) in [6.45, 7) is 1.44. The molecular weight excluding hydrogens is 469 g/mol. The van der Waals surface area contributed by atoms with Crippen molar-refractivity contribution in [3.05, 3.63) is 82.5 Å². The van der Waals surface area contributed by atoms with Crippen LogP contribution < -0.4 is 5.56 Å². The van der Waals surface area contributed by atoms with Gasteiger partial charge >= 0.3 is 6.18 Å². The lowest BCUT2D eigenvalue weighted by Gasteiger charge is -2.13. The van der Waals surface area contributed by atoms with E-state index < -0.39 is 27.1 Å². The third-order valence-electron chi connectivity index (χ3n) is 5.21. The zero-order valence-corrected chi connectivity index (χ0v) is 18.4. The molecule has 7 nitrogen and oxygen atoms in total. The average Bonchev–Trinajstić information content (AvgIpc) is 2.83. The van der Waals surface area contributed by atoms with Crippen molar-refractivity contribution in [3.63, 3.8) is 0 Å². The summed E-state index contributed by atoms with van der Waals surface area (Å²) in [6.07, 6.45) is -2.27. The fraction of sp³-hybridized carbons (Fsp3) is 0.130. The van der Waals surface area contributed by atoms with E-state index in [1.165, 1.54) is 19.2 Å². The SMILES string of the molecule is CCS(=O)(=O)c1cc(-c2ccc(C#N)cc2)cnc1-n1cnc2cc(C(F)(F)F)ccc2c1=O. The standard InChI is InChI=1S/C23H15F3N4O3S/c1-2-34(32,33)20-9-16(15-5-3-14(11-27)4-6-15)12-28-21(20)30-13-29-19-10-17(23(24,25)26)7-8-18(19)22(30)31/h3-10,12-13H,2H2,1H3. The molecule has 4 aromatic rings. The van der Waals surface area contributed by atoms with Gasteiger partial charge in [-0.25, -0.2) is 23.0 Å². The fourth-order valence-electron chi connectivity index (χ4n) is 3.35. The van der Waals surface area contributed by atoms with Crippen molar-refractivity contribution in [2.45, 2.75) is 18.0 Å². The quantitative estimate of drug-likeness (QED) is 0.431. The Hall–Kier alpha value is -4.04. The molecule has 0 aliphatic carbocycles. The molecular formula is C23H15F3N4O3S. The van der Waals surface area contributed by atoms with Gasteiger partial charge in [0.2, 0.25) is 0 Å². The maximum atomic E-state index is 13.1. The first-order valence-electron chi connectivity index (χ1n) is 9.87. The third kappa shape index (κ3) is 4.15. The van der Waals surface area contributed by atoms with Crippen molar-refractivity contribution in [2.75, 3.05) is 5.75 Å². The molecule has 2 aromatic heterocycles. The van der Waals surface area contributed by atoms with Crippen LogP contribution in [0.2, 0.25) is 0 Å². The normalized spacial score (nSPS) is 12.0. The molecule has 172 valence electrons. The molecule has 0 unspecified atom stereocenters. The van der Waals surface area contributed by atoms with Gasteiger partial charge < -0.3 is 0 Å². The van der Waals surface area contributed by atoms with Crippen LogP contribution in [0.3, 0.4) is 0 Å². The van der Waals surface area contributed by atoms with Gasteiger partial charge in [0.05, 0.1) is 33.9 Å². The second-order valence-corrected chi connectivity index (χ2v) is 9.53. The molecule has 34 heavy (non-hydrogen) atoms. The molecule has 0 spiro atoms. The molecule has 0 saturated heterocycles.